The maximum Gasteiger partial charge on any atom is 0.165 e. The Hall–Kier alpha value is -1.32. The number of carbonyl (C=O) groups is 1. The number of nitrogens with zero attached hydrogens (tertiary/aromatic N) is 2. The molecular weight excluding hydrogens is 271 g/mol. The van der Waals surface area contributed by atoms with Crippen molar-refractivity contribution in [1.82, 2.24) is 9.78 Å². The van der Waals surface area contributed by atoms with Gasteiger partial charge >= 0.3 is 0 Å². The van der Waals surface area contributed by atoms with Crippen LogP contribution in [0, 0.1) is 0 Å². The van der Waals surface area contributed by atoms with E-state index in [1.807, 2.05) is 13.0 Å². The monoisotopic (exact) mass is 282 g/mol. The first-order chi connectivity index (χ1) is 8.60. The number of halogens is 2. The van der Waals surface area contributed by atoms with Gasteiger partial charge in [-0.1, -0.05) is 36.2 Å². The topological polar surface area (TPSA) is 34.9 Å². The molecular formula is C13H12Cl2N2O. The summed E-state index contributed by atoms with van der Waals surface area (Å²) < 4.78 is 1.71. The first-order valence-electron chi connectivity index (χ1n) is 5.59. The SMILES string of the molecule is CCC(=O)c1cnn(Cc2ccc(Cl)c(Cl)c2)c1. The molecule has 0 aliphatic heterocycles. The molecule has 0 radical (unpaired) electrons. The van der Waals surface area contributed by atoms with Crippen LogP contribution in [0.1, 0.15) is 29.3 Å². The molecule has 94 valence electrons. The van der Waals surface area contributed by atoms with Crippen LogP contribution in [0.25, 0.3) is 0 Å². The Balaban J connectivity index is 2.16. The third kappa shape index (κ3) is 2.92. The lowest BCUT2D eigenvalue weighted by Gasteiger charge is -2.03. The predicted molar refractivity (Wildman–Crippen MR) is 72.4 cm³/mol. The van der Waals surface area contributed by atoms with Gasteiger partial charge in [0.15, 0.2) is 5.78 Å². The fourth-order valence-electron chi connectivity index (χ4n) is 1.62. The van der Waals surface area contributed by atoms with Crippen LogP contribution in [0.5, 0.6) is 0 Å². The summed E-state index contributed by atoms with van der Waals surface area (Å²) in [6.07, 6.45) is 3.82. The van der Waals surface area contributed by atoms with Gasteiger partial charge in [-0.05, 0) is 17.7 Å². The molecule has 18 heavy (non-hydrogen) atoms. The second-order valence-electron chi connectivity index (χ2n) is 3.95. The van der Waals surface area contributed by atoms with Gasteiger partial charge in [0.1, 0.15) is 0 Å². The quantitative estimate of drug-likeness (QED) is 0.799. The molecule has 0 amide bonds. The van der Waals surface area contributed by atoms with Gasteiger partial charge in [0.05, 0.1) is 28.4 Å². The van der Waals surface area contributed by atoms with Crippen LogP contribution in [-0.2, 0) is 6.54 Å². The lowest BCUT2D eigenvalue weighted by Crippen LogP contribution is -2.00. The van der Waals surface area contributed by atoms with Gasteiger partial charge in [0, 0.05) is 12.6 Å². The van der Waals surface area contributed by atoms with Gasteiger partial charge in [-0.2, -0.15) is 5.10 Å². The first-order valence-corrected chi connectivity index (χ1v) is 6.35. The molecule has 0 spiro atoms. The van der Waals surface area contributed by atoms with Crippen molar-refractivity contribution in [2.75, 3.05) is 0 Å². The number of hydrogen-bond donors (Lipinski definition) is 0. The van der Waals surface area contributed by atoms with Crippen molar-refractivity contribution in [2.45, 2.75) is 19.9 Å². The Morgan fingerprint density at radius 2 is 2.11 bits per heavy atom. The number of aromatic nitrogens is 2. The van der Waals surface area contributed by atoms with Gasteiger partial charge in [-0.3, -0.25) is 9.48 Å². The Morgan fingerprint density at radius 3 is 2.78 bits per heavy atom. The Bertz CT molecular complexity index is 578. The van der Waals surface area contributed by atoms with Crippen molar-refractivity contribution in [3.05, 3.63) is 51.8 Å². The van der Waals surface area contributed by atoms with E-state index in [4.69, 9.17) is 23.2 Å². The number of rotatable bonds is 4. The summed E-state index contributed by atoms with van der Waals surface area (Å²) in [5.41, 5.74) is 1.63. The van der Waals surface area contributed by atoms with Crippen molar-refractivity contribution < 1.29 is 4.79 Å². The van der Waals surface area contributed by atoms with Gasteiger partial charge in [-0.15, -0.1) is 0 Å². The predicted octanol–water partition coefficient (Wildman–Crippen LogP) is 3.83. The zero-order chi connectivity index (χ0) is 13.1. The highest BCUT2D eigenvalue weighted by molar-refractivity contribution is 6.42. The van der Waals surface area contributed by atoms with Gasteiger partial charge in [0.2, 0.25) is 0 Å². The summed E-state index contributed by atoms with van der Waals surface area (Å²) in [6.45, 7) is 2.40. The standard InChI is InChI=1S/C13H12Cl2N2O/c1-2-13(18)10-6-16-17(8-10)7-9-3-4-11(14)12(15)5-9/h3-6,8H,2,7H2,1H3. The summed E-state index contributed by atoms with van der Waals surface area (Å²) in [5.74, 6) is 0.0930. The second kappa shape index (κ2) is 5.55. The molecule has 0 fully saturated rings. The highest BCUT2D eigenvalue weighted by Crippen LogP contribution is 2.22. The average Bonchev–Trinajstić information content (AvgIpc) is 2.81. The van der Waals surface area contributed by atoms with Crippen molar-refractivity contribution in [1.29, 1.82) is 0 Å². The van der Waals surface area contributed by atoms with Crippen LogP contribution in [0.15, 0.2) is 30.6 Å². The number of ketones is 1. The van der Waals surface area contributed by atoms with Crippen LogP contribution in [-0.4, -0.2) is 15.6 Å². The van der Waals surface area contributed by atoms with Crippen molar-refractivity contribution >= 4 is 29.0 Å². The number of hydrogen-bond acceptors (Lipinski definition) is 2. The van der Waals surface area contributed by atoms with Gasteiger partial charge in [-0.25, -0.2) is 0 Å². The molecule has 0 saturated heterocycles. The van der Waals surface area contributed by atoms with Crippen LogP contribution >= 0.6 is 23.2 Å². The van der Waals surface area contributed by atoms with E-state index in [1.165, 1.54) is 0 Å². The van der Waals surface area contributed by atoms with E-state index in [9.17, 15) is 4.79 Å². The minimum absolute atomic E-state index is 0.0930. The molecule has 0 aliphatic rings. The molecule has 1 aromatic heterocycles. The van der Waals surface area contributed by atoms with E-state index in [-0.39, 0.29) is 5.78 Å². The summed E-state index contributed by atoms with van der Waals surface area (Å²) in [4.78, 5) is 11.5. The van der Waals surface area contributed by atoms with E-state index in [0.29, 0.717) is 28.6 Å². The van der Waals surface area contributed by atoms with Crippen LogP contribution in [0.3, 0.4) is 0 Å². The zero-order valence-corrected chi connectivity index (χ0v) is 11.4. The molecule has 0 N–H and O–H groups in total. The summed E-state index contributed by atoms with van der Waals surface area (Å²) in [5, 5.41) is 5.20. The molecule has 0 saturated carbocycles. The maximum atomic E-state index is 11.5. The van der Waals surface area contributed by atoms with Crippen molar-refractivity contribution in [2.24, 2.45) is 0 Å². The van der Waals surface area contributed by atoms with Crippen LogP contribution < -0.4 is 0 Å². The van der Waals surface area contributed by atoms with E-state index >= 15 is 0 Å². The fourth-order valence-corrected chi connectivity index (χ4v) is 1.94. The summed E-state index contributed by atoms with van der Waals surface area (Å²) in [6, 6.07) is 5.44. The third-order valence-corrected chi connectivity index (χ3v) is 3.34. The molecule has 5 heteroatoms. The van der Waals surface area contributed by atoms with Crippen LogP contribution in [0.4, 0.5) is 0 Å². The Morgan fingerprint density at radius 1 is 1.33 bits per heavy atom. The van der Waals surface area contributed by atoms with Gasteiger partial charge < -0.3 is 0 Å². The van der Waals surface area contributed by atoms with E-state index in [1.54, 1.807) is 29.2 Å². The highest BCUT2D eigenvalue weighted by atomic mass is 35.5. The Labute approximate surface area is 115 Å². The van der Waals surface area contributed by atoms with E-state index in [0.717, 1.165) is 5.56 Å². The molecule has 0 aliphatic carbocycles. The molecule has 2 aromatic rings. The minimum Gasteiger partial charge on any atom is -0.294 e. The molecule has 2 rings (SSSR count). The zero-order valence-electron chi connectivity index (χ0n) is 9.86. The fraction of sp³-hybridized carbons (Fsp3) is 0.231. The normalized spacial score (nSPS) is 10.6. The number of Topliss-reactive ketones (excluding diaryl/α,β-unsaturated/α-hetero) is 1. The molecule has 1 heterocycles. The average molecular weight is 283 g/mol. The summed E-state index contributed by atoms with van der Waals surface area (Å²) in [7, 11) is 0. The first kappa shape index (κ1) is 13.1. The summed E-state index contributed by atoms with van der Waals surface area (Å²) >= 11 is 11.8. The smallest absolute Gasteiger partial charge is 0.165 e. The molecule has 1 aromatic carbocycles. The number of carbonyl (C=O) groups excluding carboxylic acids is 1. The highest BCUT2D eigenvalue weighted by Gasteiger charge is 2.07. The molecule has 0 bridgehead atoms. The molecule has 3 nitrogen and oxygen atoms in total. The van der Waals surface area contributed by atoms with E-state index in [2.05, 4.69) is 5.10 Å². The van der Waals surface area contributed by atoms with Crippen LogP contribution in [0.2, 0.25) is 10.0 Å². The van der Waals surface area contributed by atoms with E-state index < -0.39 is 0 Å². The molecule has 0 unspecified atom stereocenters. The Kier molecular flexibility index (Phi) is 4.04. The van der Waals surface area contributed by atoms with Crippen molar-refractivity contribution in [3.63, 3.8) is 0 Å². The number of benzene rings is 1. The molecule has 0 atom stereocenters. The third-order valence-electron chi connectivity index (χ3n) is 2.60. The minimum atomic E-state index is 0.0930. The van der Waals surface area contributed by atoms with Gasteiger partial charge in [0.25, 0.3) is 0 Å². The van der Waals surface area contributed by atoms with Crippen molar-refractivity contribution in [3.8, 4) is 0 Å². The maximum absolute atomic E-state index is 11.5. The largest absolute Gasteiger partial charge is 0.294 e. The lowest BCUT2D eigenvalue weighted by atomic mass is 10.2. The lowest BCUT2D eigenvalue weighted by molar-refractivity contribution is 0.0988. The second-order valence-corrected chi connectivity index (χ2v) is 4.77.